The molecule has 2 spiro atoms. The zero-order chi connectivity index (χ0) is 83.5. The molecule has 1 heteroatoms. The van der Waals surface area contributed by atoms with Gasteiger partial charge in [0.05, 0.1) is 21.9 Å². The molecule has 1 aromatic heterocycles. The minimum Gasteiger partial charge on any atom is -0.256 e. The van der Waals surface area contributed by atoms with E-state index in [9.17, 15) is 0 Å². The fourth-order valence-corrected chi connectivity index (χ4v) is 27.0. The molecule has 0 aliphatic heterocycles. The first-order valence-corrected chi connectivity index (χ1v) is 45.3. The summed E-state index contributed by atoms with van der Waals surface area (Å²) < 4.78 is 0. The number of aromatic nitrogens is 1. The Kier molecular flexibility index (Phi) is 13.3. The third-order valence-electron chi connectivity index (χ3n) is 31.7. The van der Waals surface area contributed by atoms with Crippen molar-refractivity contribution in [3.63, 3.8) is 0 Å². The first-order chi connectivity index (χ1) is 63.3. The molecule has 0 N–H and O–H groups in total. The maximum atomic E-state index is 4.79. The summed E-state index contributed by atoms with van der Waals surface area (Å²) in [5, 5.41) is 44.5. The fraction of sp³-hybridized carbons (Fsp3) is 0.0472. The smallest absolute Gasteiger partial charge is 0.0726 e. The zero-order valence-electron chi connectivity index (χ0n) is 70.3. The Bertz CT molecular complexity index is 9330. The summed E-state index contributed by atoms with van der Waals surface area (Å²) in [6.45, 7) is 4.73. The van der Waals surface area contributed by atoms with Crippen molar-refractivity contribution in [2.24, 2.45) is 0 Å². The predicted molar refractivity (Wildman–Crippen MR) is 540 cm³/mol. The first kappa shape index (κ1) is 69.5. The van der Waals surface area contributed by atoms with Crippen LogP contribution >= 0.6 is 0 Å². The van der Waals surface area contributed by atoms with Gasteiger partial charge < -0.3 is 0 Å². The van der Waals surface area contributed by atoms with E-state index < -0.39 is 0 Å². The summed E-state index contributed by atoms with van der Waals surface area (Å²) in [4.78, 5) is 4.79. The van der Waals surface area contributed by atoms with Gasteiger partial charge in [-0.15, -0.1) is 0 Å². The molecule has 1 heterocycles. The average Bonchev–Trinajstić information content (AvgIpc) is 1.48. The van der Waals surface area contributed by atoms with Gasteiger partial charge in [-0.1, -0.05) is 414 Å². The standard InChI is InChI=1S/C38H21N.C33H18.C33H20.C23H16/c1-2-13-28-26(9-1)35-27(32-16-3-4-21-39-32)12-7-14-29(35)38(28)30-15-6-11-25-24-10-5-8-22-17-18-23-19-20-31(38)37(36(25)30)34(23)33(22)24;1-3-12-25-21(8-1)22-9-2-4-13-26(22)33(25)27-14-6-11-24-23-10-5-7-19-15-16-20-17-18-28(33)32(31(24)27)30(20)29(19)23;1-3-10-23(11-4-1)33(24-12-5-2-6-13-24)27-16-8-15-26-25-14-7-9-21-17-18-22-19-20-28(33)32(31(26)27)30(22)29(21)25;1-23(2)17-8-4-7-16-15-6-3-5-13-9-10-14-11-12-18(23)22(21(16)17)20(14)19(13)15/h1-21H;1-18H;1-20H;3-12H,1-2H3. The van der Waals surface area contributed by atoms with Crippen molar-refractivity contribution < 1.29 is 0 Å². The second-order valence-corrected chi connectivity index (χ2v) is 37.3. The van der Waals surface area contributed by atoms with Crippen molar-refractivity contribution >= 4 is 172 Å². The molecule has 0 amide bonds. The van der Waals surface area contributed by atoms with Gasteiger partial charge in [0.25, 0.3) is 0 Å². The number of fused-ring (bicyclic) bond motifs is 18. The lowest BCUT2D eigenvalue weighted by atomic mass is 9.67. The van der Waals surface area contributed by atoms with Crippen molar-refractivity contribution in [1.82, 2.24) is 4.98 Å². The molecule has 0 saturated carbocycles. The Morgan fingerprint density at radius 1 is 0.156 bits per heavy atom. The summed E-state index contributed by atoms with van der Waals surface area (Å²) in [6, 6.07) is 154. The van der Waals surface area contributed by atoms with Crippen molar-refractivity contribution in [1.29, 1.82) is 0 Å². The lowest BCUT2D eigenvalue weighted by Crippen LogP contribution is -2.28. The maximum absolute atomic E-state index is 4.79. The molecule has 26 aromatic carbocycles. The second-order valence-electron chi connectivity index (χ2n) is 37.3. The molecule has 6 aliphatic rings. The molecule has 0 bridgehead atoms. The highest BCUT2D eigenvalue weighted by atomic mass is 14.7. The SMILES string of the molecule is CC1(C)c2cccc3c4cccc5ccc6ccc1c(c23)c6c54.c1ccc(-c2cccc3c2-c2ccccc2C32c3cccc4c5cccc6ccc7ccc2c(c34)c7c65)nc1.c1ccc(C2(c3ccccc3)c3cccc4c5cccc6ccc7ccc2c(c34)c7c65)cc1.c1ccc2c(c1)-c1ccccc1C21c2cccc3c4cccc5ccc6ccc1c(c23)c6c54. The van der Waals surface area contributed by atoms with Crippen LogP contribution in [-0.4, -0.2) is 4.98 Å². The van der Waals surface area contributed by atoms with Crippen LogP contribution in [0.1, 0.15) is 91.7 Å². The largest absolute Gasteiger partial charge is 0.256 e. The molecule has 0 fully saturated rings. The number of benzene rings is 26. The molecule has 588 valence electrons. The van der Waals surface area contributed by atoms with Crippen LogP contribution < -0.4 is 0 Å². The van der Waals surface area contributed by atoms with Crippen molar-refractivity contribution in [2.45, 2.75) is 35.5 Å². The van der Waals surface area contributed by atoms with Crippen molar-refractivity contribution in [3.05, 3.63) is 497 Å². The van der Waals surface area contributed by atoms with E-state index in [1.807, 2.05) is 12.3 Å². The summed E-state index contributed by atoms with van der Waals surface area (Å²) in [5.41, 5.74) is 26.4. The number of pyridine rings is 1. The molecule has 0 radical (unpaired) electrons. The van der Waals surface area contributed by atoms with Crippen LogP contribution in [0.2, 0.25) is 0 Å². The minimum absolute atomic E-state index is 0.0824. The zero-order valence-corrected chi connectivity index (χ0v) is 70.3. The Labute approximate surface area is 737 Å². The summed E-state index contributed by atoms with van der Waals surface area (Å²) >= 11 is 0. The van der Waals surface area contributed by atoms with E-state index in [4.69, 9.17) is 4.98 Å². The van der Waals surface area contributed by atoms with Crippen LogP contribution in [0, 0.1) is 0 Å². The number of rotatable bonds is 3. The van der Waals surface area contributed by atoms with Crippen LogP contribution in [0.3, 0.4) is 0 Å². The second kappa shape index (κ2) is 24.6. The first-order valence-electron chi connectivity index (χ1n) is 45.3. The van der Waals surface area contributed by atoms with Gasteiger partial charge >= 0.3 is 0 Å². The topological polar surface area (TPSA) is 12.9 Å². The summed E-state index contributed by atoms with van der Waals surface area (Å²) in [5.74, 6) is 0. The van der Waals surface area contributed by atoms with Crippen molar-refractivity contribution in [2.75, 3.05) is 0 Å². The van der Waals surface area contributed by atoms with E-state index in [0.29, 0.717) is 0 Å². The molecule has 128 heavy (non-hydrogen) atoms. The van der Waals surface area contributed by atoms with E-state index in [0.717, 1.165) is 5.69 Å². The third-order valence-corrected chi connectivity index (χ3v) is 31.7. The van der Waals surface area contributed by atoms with E-state index in [2.05, 4.69) is 420 Å². The maximum Gasteiger partial charge on any atom is 0.0726 e. The van der Waals surface area contributed by atoms with Crippen LogP contribution in [-0.2, 0) is 21.7 Å². The Morgan fingerprint density at radius 2 is 0.414 bits per heavy atom. The van der Waals surface area contributed by atoms with Crippen LogP contribution in [0.4, 0.5) is 0 Å². The predicted octanol–water partition coefficient (Wildman–Crippen LogP) is 32.7. The molecule has 6 aliphatic carbocycles. The number of hydrogen-bond donors (Lipinski definition) is 0. The van der Waals surface area contributed by atoms with E-state index in [-0.39, 0.29) is 21.7 Å². The van der Waals surface area contributed by atoms with E-state index in [1.165, 1.54) is 278 Å². The summed E-state index contributed by atoms with van der Waals surface area (Å²) in [6.07, 6.45) is 1.90. The van der Waals surface area contributed by atoms with Crippen LogP contribution in [0.15, 0.2) is 419 Å². The van der Waals surface area contributed by atoms with E-state index in [1.54, 1.807) is 0 Å². The monoisotopic (exact) mass is 1610 g/mol. The molecule has 0 saturated heterocycles. The highest BCUT2D eigenvalue weighted by Crippen LogP contribution is 2.68. The molecular weight excluding hydrogens is 1540 g/mol. The Morgan fingerprint density at radius 3 is 0.828 bits per heavy atom. The number of nitrogens with zero attached hydrogens (tertiary/aromatic N) is 1. The highest BCUT2D eigenvalue weighted by Gasteiger charge is 2.54. The van der Waals surface area contributed by atoms with Crippen LogP contribution in [0.25, 0.3) is 206 Å². The quantitative estimate of drug-likeness (QED) is 0.127. The van der Waals surface area contributed by atoms with Gasteiger partial charge in [0.15, 0.2) is 0 Å². The molecule has 27 aromatic rings. The number of hydrogen-bond acceptors (Lipinski definition) is 1. The van der Waals surface area contributed by atoms with Gasteiger partial charge in [0.1, 0.15) is 0 Å². The Balaban J connectivity index is 0.0000000840. The lowest BCUT2D eigenvalue weighted by Gasteiger charge is -2.34. The normalized spacial score (nSPS) is 15.5. The van der Waals surface area contributed by atoms with E-state index >= 15 is 0 Å². The van der Waals surface area contributed by atoms with Gasteiger partial charge in [-0.05, 0) is 285 Å². The Hall–Kier alpha value is -15.9. The molecule has 33 rings (SSSR count). The highest BCUT2D eigenvalue weighted by molar-refractivity contribution is 6.41. The van der Waals surface area contributed by atoms with Crippen LogP contribution in [0.5, 0.6) is 0 Å². The molecule has 1 unspecified atom stereocenters. The minimum atomic E-state index is -0.365. The van der Waals surface area contributed by atoms with Gasteiger partial charge in [-0.3, -0.25) is 4.98 Å². The van der Waals surface area contributed by atoms with Gasteiger partial charge in [0, 0.05) is 17.2 Å². The molecular formula is C127H75N. The fourth-order valence-electron chi connectivity index (χ4n) is 27.0. The van der Waals surface area contributed by atoms with Gasteiger partial charge in [-0.2, -0.15) is 0 Å². The third kappa shape index (κ3) is 8.22. The molecule has 1 nitrogen and oxygen atoms in total. The van der Waals surface area contributed by atoms with Gasteiger partial charge in [-0.25, -0.2) is 0 Å². The average molecular weight is 1620 g/mol. The lowest BCUT2D eigenvalue weighted by molar-refractivity contribution is 0.663. The summed E-state index contributed by atoms with van der Waals surface area (Å²) in [7, 11) is 0. The van der Waals surface area contributed by atoms with Gasteiger partial charge in [0.2, 0.25) is 0 Å². The van der Waals surface area contributed by atoms with Crippen molar-refractivity contribution in [3.8, 4) is 33.5 Å². The molecule has 1 atom stereocenters.